The predicted molar refractivity (Wildman–Crippen MR) is 75.8 cm³/mol. The highest BCUT2D eigenvalue weighted by Crippen LogP contribution is 2.30. The Morgan fingerprint density at radius 1 is 1.24 bits per heavy atom. The van der Waals surface area contributed by atoms with E-state index in [2.05, 4.69) is 5.32 Å². The molecule has 7 nitrogen and oxygen atoms in total. The monoisotopic (exact) mass is 297 g/mol. The van der Waals surface area contributed by atoms with Crippen LogP contribution in [-0.4, -0.2) is 64.0 Å². The first-order chi connectivity index (χ1) is 9.84. The zero-order valence-electron chi connectivity index (χ0n) is 12.6. The molecule has 0 aliphatic carbocycles. The normalized spacial score (nSPS) is 29.3. The molecule has 3 amide bonds. The third kappa shape index (κ3) is 3.11. The van der Waals surface area contributed by atoms with Crippen molar-refractivity contribution in [2.24, 2.45) is 0 Å². The molecule has 0 bridgehead atoms. The first-order valence-corrected chi connectivity index (χ1v) is 7.41. The van der Waals surface area contributed by atoms with Gasteiger partial charge >= 0.3 is 12.0 Å². The van der Waals surface area contributed by atoms with Gasteiger partial charge in [0.15, 0.2) is 0 Å². The first kappa shape index (κ1) is 15.6. The van der Waals surface area contributed by atoms with Crippen LogP contribution >= 0.6 is 0 Å². The van der Waals surface area contributed by atoms with Crippen LogP contribution in [0, 0.1) is 0 Å². The van der Waals surface area contributed by atoms with E-state index in [9.17, 15) is 19.5 Å². The summed E-state index contributed by atoms with van der Waals surface area (Å²) in [6.07, 6.45) is 2.85. The van der Waals surface area contributed by atoms with Crippen molar-refractivity contribution in [2.75, 3.05) is 19.6 Å². The molecule has 7 heteroatoms. The number of piperidine rings is 1. The van der Waals surface area contributed by atoms with Crippen LogP contribution in [-0.2, 0) is 9.59 Å². The third-order valence-electron chi connectivity index (χ3n) is 4.45. The number of nitrogens with one attached hydrogen (secondary N) is 1. The van der Waals surface area contributed by atoms with Gasteiger partial charge in [-0.05, 0) is 32.6 Å². The van der Waals surface area contributed by atoms with Crippen LogP contribution in [0.2, 0.25) is 0 Å². The first-order valence-electron chi connectivity index (χ1n) is 7.41. The summed E-state index contributed by atoms with van der Waals surface area (Å²) in [6, 6.07) is -0.264. The molecular formula is C14H23N3O4. The number of rotatable bonds is 2. The lowest BCUT2D eigenvalue weighted by atomic mass is 9.89. The molecule has 0 spiro atoms. The van der Waals surface area contributed by atoms with E-state index in [0.29, 0.717) is 32.5 Å². The zero-order chi connectivity index (χ0) is 15.6. The molecule has 2 unspecified atom stereocenters. The number of hydrogen-bond donors (Lipinski definition) is 2. The van der Waals surface area contributed by atoms with Crippen LogP contribution in [0.25, 0.3) is 0 Å². The van der Waals surface area contributed by atoms with Gasteiger partial charge < -0.3 is 20.2 Å². The molecule has 2 heterocycles. The maximum atomic E-state index is 12.6. The van der Waals surface area contributed by atoms with Crippen LogP contribution in [0.15, 0.2) is 0 Å². The predicted octanol–water partition coefficient (Wildman–Crippen LogP) is 0.646. The molecule has 2 fully saturated rings. The Kier molecular flexibility index (Phi) is 4.39. The Hall–Kier alpha value is -1.79. The smallest absolute Gasteiger partial charge is 0.329 e. The number of carbonyl (C=O) groups excluding carboxylic acids is 2. The fourth-order valence-electron chi connectivity index (χ4n) is 3.16. The van der Waals surface area contributed by atoms with Gasteiger partial charge in [0.05, 0.1) is 0 Å². The average molecular weight is 297 g/mol. The fraction of sp³-hybridized carbons (Fsp3) is 0.786. The van der Waals surface area contributed by atoms with E-state index in [1.807, 2.05) is 0 Å². The minimum absolute atomic E-state index is 0.0349. The fourth-order valence-corrected chi connectivity index (χ4v) is 3.16. The van der Waals surface area contributed by atoms with E-state index in [1.165, 1.54) is 11.8 Å². The van der Waals surface area contributed by atoms with Crippen molar-refractivity contribution in [3.63, 3.8) is 0 Å². The van der Waals surface area contributed by atoms with E-state index >= 15 is 0 Å². The molecule has 2 aliphatic rings. The molecule has 0 aromatic rings. The van der Waals surface area contributed by atoms with E-state index in [4.69, 9.17) is 0 Å². The maximum absolute atomic E-state index is 12.6. The molecule has 2 aliphatic heterocycles. The summed E-state index contributed by atoms with van der Waals surface area (Å²) in [5.74, 6) is -1.06. The number of carboxylic acids is 1. The van der Waals surface area contributed by atoms with E-state index < -0.39 is 11.5 Å². The second-order valence-electron chi connectivity index (χ2n) is 6.10. The standard InChI is InChI=1S/C14H23N3O4/c1-10(18)15-11-5-8-16(9-11)13(21)17-7-4-3-6-14(17,2)12(19)20/h11H,3-9H2,1-2H3,(H,15,18)(H,19,20). The molecule has 0 saturated carbocycles. The van der Waals surface area contributed by atoms with Gasteiger partial charge in [0, 0.05) is 32.6 Å². The molecule has 0 aromatic heterocycles. The zero-order valence-corrected chi connectivity index (χ0v) is 12.6. The lowest BCUT2D eigenvalue weighted by molar-refractivity contribution is -0.150. The average Bonchev–Trinajstić information content (AvgIpc) is 2.86. The van der Waals surface area contributed by atoms with Crippen molar-refractivity contribution in [3.8, 4) is 0 Å². The van der Waals surface area contributed by atoms with Crippen LogP contribution in [0.3, 0.4) is 0 Å². The summed E-state index contributed by atoms with van der Waals surface area (Å²) in [5.41, 5.74) is -1.12. The quantitative estimate of drug-likeness (QED) is 0.783. The Bertz CT molecular complexity index is 454. The van der Waals surface area contributed by atoms with Crippen molar-refractivity contribution in [2.45, 2.75) is 51.1 Å². The van der Waals surface area contributed by atoms with Gasteiger partial charge in [-0.3, -0.25) is 4.79 Å². The molecule has 21 heavy (non-hydrogen) atoms. The van der Waals surface area contributed by atoms with Crippen molar-refractivity contribution in [1.29, 1.82) is 0 Å². The number of likely N-dealkylation sites (tertiary alicyclic amines) is 2. The van der Waals surface area contributed by atoms with Gasteiger partial charge in [-0.1, -0.05) is 0 Å². The minimum atomic E-state index is -1.12. The van der Waals surface area contributed by atoms with Gasteiger partial charge in [0.2, 0.25) is 5.91 Å². The molecule has 2 rings (SSSR count). The Morgan fingerprint density at radius 2 is 1.95 bits per heavy atom. The highest BCUT2D eigenvalue weighted by atomic mass is 16.4. The molecule has 118 valence electrons. The Balaban J connectivity index is 2.05. The van der Waals surface area contributed by atoms with Gasteiger partial charge in [0.1, 0.15) is 5.54 Å². The van der Waals surface area contributed by atoms with Crippen LogP contribution in [0.1, 0.15) is 39.5 Å². The summed E-state index contributed by atoms with van der Waals surface area (Å²) in [7, 11) is 0. The van der Waals surface area contributed by atoms with Crippen LogP contribution in [0.4, 0.5) is 4.79 Å². The van der Waals surface area contributed by atoms with Gasteiger partial charge in [0.25, 0.3) is 0 Å². The second-order valence-corrected chi connectivity index (χ2v) is 6.10. The molecule has 0 radical (unpaired) electrons. The van der Waals surface area contributed by atoms with Crippen molar-refractivity contribution >= 4 is 17.9 Å². The molecule has 2 atom stereocenters. The third-order valence-corrected chi connectivity index (χ3v) is 4.45. The SMILES string of the molecule is CC(=O)NC1CCN(C(=O)N2CCCCC2(C)C(=O)O)C1. The highest BCUT2D eigenvalue weighted by molar-refractivity contribution is 5.86. The van der Waals surface area contributed by atoms with Crippen LogP contribution < -0.4 is 5.32 Å². The summed E-state index contributed by atoms with van der Waals surface area (Å²) in [4.78, 5) is 38.4. The van der Waals surface area contributed by atoms with Crippen molar-refractivity contribution in [3.05, 3.63) is 0 Å². The molecule has 2 N–H and O–H groups in total. The lowest BCUT2D eigenvalue weighted by Crippen LogP contribution is -2.60. The number of carboxylic acid groups (broad SMARTS) is 1. The number of nitrogens with zero attached hydrogens (tertiary/aromatic N) is 2. The van der Waals surface area contributed by atoms with Crippen molar-refractivity contribution < 1.29 is 19.5 Å². The summed E-state index contributed by atoms with van der Waals surface area (Å²) < 4.78 is 0. The number of aliphatic carboxylic acids is 1. The lowest BCUT2D eigenvalue weighted by Gasteiger charge is -2.43. The van der Waals surface area contributed by atoms with Crippen molar-refractivity contribution in [1.82, 2.24) is 15.1 Å². The summed E-state index contributed by atoms with van der Waals surface area (Å²) in [6.45, 7) is 4.55. The van der Waals surface area contributed by atoms with Gasteiger partial charge in [-0.15, -0.1) is 0 Å². The number of urea groups is 1. The van der Waals surface area contributed by atoms with E-state index in [1.54, 1.807) is 11.8 Å². The van der Waals surface area contributed by atoms with Gasteiger partial charge in [-0.2, -0.15) is 0 Å². The Morgan fingerprint density at radius 3 is 2.57 bits per heavy atom. The summed E-state index contributed by atoms with van der Waals surface area (Å²) >= 11 is 0. The largest absolute Gasteiger partial charge is 0.480 e. The molecule has 0 aromatic carbocycles. The second kappa shape index (κ2) is 5.91. The number of hydrogen-bond acceptors (Lipinski definition) is 3. The van der Waals surface area contributed by atoms with E-state index in [0.717, 1.165) is 12.8 Å². The minimum Gasteiger partial charge on any atom is -0.480 e. The number of amides is 3. The number of carbonyl (C=O) groups is 3. The topological polar surface area (TPSA) is 90.0 Å². The summed E-state index contributed by atoms with van der Waals surface area (Å²) in [5, 5.41) is 12.3. The van der Waals surface area contributed by atoms with Crippen LogP contribution in [0.5, 0.6) is 0 Å². The molecular weight excluding hydrogens is 274 g/mol. The van der Waals surface area contributed by atoms with Gasteiger partial charge in [-0.25, -0.2) is 9.59 Å². The molecule has 2 saturated heterocycles. The Labute approximate surface area is 124 Å². The highest BCUT2D eigenvalue weighted by Gasteiger charge is 2.46. The maximum Gasteiger partial charge on any atom is 0.329 e. The van der Waals surface area contributed by atoms with E-state index in [-0.39, 0.29) is 18.0 Å².